The van der Waals surface area contributed by atoms with E-state index < -0.39 is 0 Å². The van der Waals surface area contributed by atoms with Gasteiger partial charge in [0.05, 0.1) is 31.2 Å². The van der Waals surface area contributed by atoms with E-state index in [0.717, 1.165) is 16.7 Å². The van der Waals surface area contributed by atoms with Gasteiger partial charge in [-0.15, -0.1) is 0 Å². The van der Waals surface area contributed by atoms with Gasteiger partial charge in [-0.2, -0.15) is 5.26 Å². The standard InChI is InChI=1S/C29H24ClN3O3S/c1-18-4-11-22(12-5-18)32-28(34)17-37-29-24(16-31)23(20-8-13-26(35-2)27(14-20)36-3)15-25(33-29)19-6-9-21(30)10-7-19/h4-15H,17H2,1-3H3,(H,32,34). The first kappa shape index (κ1) is 26.1. The maximum atomic E-state index is 12.7. The van der Waals surface area contributed by atoms with E-state index in [9.17, 15) is 10.1 Å². The molecule has 4 rings (SSSR count). The van der Waals surface area contributed by atoms with E-state index in [-0.39, 0.29) is 11.7 Å². The number of ether oxygens (including phenoxy) is 2. The molecule has 186 valence electrons. The Morgan fingerprint density at radius 2 is 1.65 bits per heavy atom. The Hall–Kier alpha value is -3.99. The number of aryl methyl sites for hydroxylation is 1. The molecule has 0 aliphatic rings. The quantitative estimate of drug-likeness (QED) is 0.247. The molecule has 0 unspecified atom stereocenters. The fourth-order valence-electron chi connectivity index (χ4n) is 3.70. The fraction of sp³-hybridized carbons (Fsp3) is 0.138. The highest BCUT2D eigenvalue weighted by molar-refractivity contribution is 8.00. The number of rotatable bonds is 8. The van der Waals surface area contributed by atoms with Crippen molar-refractivity contribution in [1.82, 2.24) is 4.98 Å². The minimum absolute atomic E-state index is 0.0883. The van der Waals surface area contributed by atoms with Crippen molar-refractivity contribution in [3.05, 3.63) is 88.9 Å². The lowest BCUT2D eigenvalue weighted by atomic mass is 9.99. The van der Waals surface area contributed by atoms with Crippen molar-refractivity contribution in [1.29, 1.82) is 5.26 Å². The van der Waals surface area contributed by atoms with E-state index >= 15 is 0 Å². The summed E-state index contributed by atoms with van der Waals surface area (Å²) in [5.74, 6) is 1.02. The van der Waals surface area contributed by atoms with Gasteiger partial charge >= 0.3 is 0 Å². The van der Waals surface area contributed by atoms with Crippen molar-refractivity contribution in [2.45, 2.75) is 11.9 Å². The van der Waals surface area contributed by atoms with E-state index in [4.69, 9.17) is 26.1 Å². The van der Waals surface area contributed by atoms with Gasteiger partial charge in [-0.25, -0.2) is 4.98 Å². The summed E-state index contributed by atoms with van der Waals surface area (Å²) in [6.45, 7) is 1.99. The van der Waals surface area contributed by atoms with Gasteiger partial charge in [0.1, 0.15) is 11.1 Å². The van der Waals surface area contributed by atoms with E-state index in [1.54, 1.807) is 32.4 Å². The summed E-state index contributed by atoms with van der Waals surface area (Å²) in [6, 6.07) is 24.5. The van der Waals surface area contributed by atoms with Crippen molar-refractivity contribution >= 4 is 35.0 Å². The molecule has 6 nitrogen and oxygen atoms in total. The smallest absolute Gasteiger partial charge is 0.234 e. The molecule has 0 atom stereocenters. The van der Waals surface area contributed by atoms with Gasteiger partial charge in [-0.1, -0.05) is 59.3 Å². The number of hydrogen-bond donors (Lipinski definition) is 1. The van der Waals surface area contributed by atoms with Crippen LogP contribution >= 0.6 is 23.4 Å². The monoisotopic (exact) mass is 529 g/mol. The Morgan fingerprint density at radius 1 is 0.973 bits per heavy atom. The number of carbonyl (C=O) groups is 1. The summed E-state index contributed by atoms with van der Waals surface area (Å²) in [5.41, 5.74) is 5.12. The molecule has 0 aliphatic heterocycles. The minimum Gasteiger partial charge on any atom is -0.493 e. The Bertz CT molecular complexity index is 1470. The molecule has 4 aromatic rings. The molecule has 37 heavy (non-hydrogen) atoms. The second kappa shape index (κ2) is 11.8. The zero-order valence-electron chi connectivity index (χ0n) is 20.5. The summed E-state index contributed by atoms with van der Waals surface area (Å²) in [7, 11) is 3.13. The van der Waals surface area contributed by atoms with Crippen LogP contribution in [0.4, 0.5) is 5.69 Å². The van der Waals surface area contributed by atoms with Gasteiger partial charge in [0.2, 0.25) is 5.91 Å². The van der Waals surface area contributed by atoms with E-state index in [0.29, 0.717) is 44.1 Å². The van der Waals surface area contributed by atoms with Crippen molar-refractivity contribution in [3.8, 4) is 40.0 Å². The summed E-state index contributed by atoms with van der Waals surface area (Å²) < 4.78 is 10.8. The van der Waals surface area contributed by atoms with Crippen LogP contribution in [0.5, 0.6) is 11.5 Å². The number of nitriles is 1. The third-order valence-corrected chi connectivity index (χ3v) is 6.84. The van der Waals surface area contributed by atoms with Crippen LogP contribution < -0.4 is 14.8 Å². The summed E-state index contributed by atoms with van der Waals surface area (Å²) in [5, 5.41) is 14.1. The molecule has 0 saturated carbocycles. The van der Waals surface area contributed by atoms with Crippen LogP contribution in [-0.4, -0.2) is 30.9 Å². The van der Waals surface area contributed by atoms with Gasteiger partial charge in [-0.05, 0) is 55.0 Å². The largest absolute Gasteiger partial charge is 0.493 e. The summed E-state index contributed by atoms with van der Waals surface area (Å²) in [6.07, 6.45) is 0. The summed E-state index contributed by atoms with van der Waals surface area (Å²) in [4.78, 5) is 17.4. The Morgan fingerprint density at radius 3 is 2.30 bits per heavy atom. The molecule has 0 aliphatic carbocycles. The van der Waals surface area contributed by atoms with E-state index in [1.807, 2.05) is 61.5 Å². The van der Waals surface area contributed by atoms with Gasteiger partial charge in [0.15, 0.2) is 11.5 Å². The number of thioether (sulfide) groups is 1. The molecule has 1 N–H and O–H groups in total. The molecular weight excluding hydrogens is 506 g/mol. The normalized spacial score (nSPS) is 10.5. The first-order valence-electron chi connectivity index (χ1n) is 11.3. The lowest BCUT2D eigenvalue weighted by molar-refractivity contribution is -0.113. The molecule has 0 bridgehead atoms. The van der Waals surface area contributed by atoms with Gasteiger partial charge in [0, 0.05) is 21.8 Å². The number of carbonyl (C=O) groups excluding carboxylic acids is 1. The zero-order chi connectivity index (χ0) is 26.4. The number of hydrogen-bond acceptors (Lipinski definition) is 6. The van der Waals surface area contributed by atoms with Crippen LogP contribution in [0.15, 0.2) is 77.8 Å². The lowest BCUT2D eigenvalue weighted by Crippen LogP contribution is -2.14. The number of anilines is 1. The third-order valence-electron chi connectivity index (χ3n) is 5.61. The van der Waals surface area contributed by atoms with Crippen LogP contribution in [-0.2, 0) is 4.79 Å². The molecule has 0 spiro atoms. The number of pyridine rings is 1. The molecule has 8 heteroatoms. The molecule has 1 heterocycles. The number of amides is 1. The van der Waals surface area contributed by atoms with Crippen LogP contribution in [0.25, 0.3) is 22.4 Å². The number of benzene rings is 3. The van der Waals surface area contributed by atoms with Crippen LogP contribution in [0, 0.1) is 18.3 Å². The molecule has 3 aromatic carbocycles. The first-order chi connectivity index (χ1) is 17.9. The predicted octanol–water partition coefficient (Wildman–Crippen LogP) is 7.00. The van der Waals surface area contributed by atoms with Gasteiger partial charge in [-0.3, -0.25) is 4.79 Å². The highest BCUT2D eigenvalue weighted by atomic mass is 35.5. The minimum atomic E-state index is -0.191. The number of nitrogens with zero attached hydrogens (tertiary/aromatic N) is 2. The molecular formula is C29H24ClN3O3S. The third kappa shape index (κ3) is 6.23. The molecule has 0 saturated heterocycles. The lowest BCUT2D eigenvalue weighted by Gasteiger charge is -2.14. The average Bonchev–Trinajstić information content (AvgIpc) is 2.92. The Kier molecular flexibility index (Phi) is 8.34. The van der Waals surface area contributed by atoms with Gasteiger partial charge < -0.3 is 14.8 Å². The second-order valence-corrected chi connectivity index (χ2v) is 9.53. The maximum absolute atomic E-state index is 12.7. The Balaban J connectivity index is 1.73. The molecule has 0 radical (unpaired) electrons. The Labute approximate surface area is 225 Å². The second-order valence-electron chi connectivity index (χ2n) is 8.13. The predicted molar refractivity (Wildman–Crippen MR) is 148 cm³/mol. The van der Waals surface area contributed by atoms with Crippen LogP contribution in [0.2, 0.25) is 5.02 Å². The first-order valence-corrected chi connectivity index (χ1v) is 12.7. The van der Waals surface area contributed by atoms with Gasteiger partial charge in [0.25, 0.3) is 0 Å². The zero-order valence-corrected chi connectivity index (χ0v) is 22.1. The fourth-order valence-corrected chi connectivity index (χ4v) is 4.63. The number of nitrogens with one attached hydrogen (secondary N) is 1. The van der Waals surface area contributed by atoms with Crippen molar-refractivity contribution in [2.24, 2.45) is 0 Å². The molecule has 1 aromatic heterocycles. The van der Waals surface area contributed by atoms with Crippen LogP contribution in [0.1, 0.15) is 11.1 Å². The molecule has 1 amide bonds. The number of methoxy groups -OCH3 is 2. The highest BCUT2D eigenvalue weighted by Crippen LogP contribution is 2.38. The number of aromatic nitrogens is 1. The SMILES string of the molecule is COc1ccc(-c2cc(-c3ccc(Cl)cc3)nc(SCC(=O)Nc3ccc(C)cc3)c2C#N)cc1OC. The van der Waals surface area contributed by atoms with Crippen molar-refractivity contribution in [2.75, 3.05) is 25.3 Å². The van der Waals surface area contributed by atoms with E-state index in [2.05, 4.69) is 11.4 Å². The summed E-state index contributed by atoms with van der Waals surface area (Å²) >= 11 is 7.30. The maximum Gasteiger partial charge on any atom is 0.234 e. The highest BCUT2D eigenvalue weighted by Gasteiger charge is 2.18. The topological polar surface area (TPSA) is 84.2 Å². The number of halogens is 1. The average molecular weight is 530 g/mol. The van der Waals surface area contributed by atoms with Crippen molar-refractivity contribution in [3.63, 3.8) is 0 Å². The van der Waals surface area contributed by atoms with Crippen LogP contribution in [0.3, 0.4) is 0 Å². The molecule has 0 fully saturated rings. The van der Waals surface area contributed by atoms with E-state index in [1.165, 1.54) is 11.8 Å². The van der Waals surface area contributed by atoms with Crippen molar-refractivity contribution < 1.29 is 14.3 Å².